The summed E-state index contributed by atoms with van der Waals surface area (Å²) in [4.78, 5) is 17.0. The molecule has 1 atom stereocenters. The van der Waals surface area contributed by atoms with Crippen LogP contribution in [0.2, 0.25) is 0 Å². The predicted octanol–water partition coefficient (Wildman–Crippen LogP) is 5.61. The zero-order chi connectivity index (χ0) is 27.7. The molecule has 1 fully saturated rings. The Hall–Kier alpha value is -3.86. The number of pyridine rings is 1. The van der Waals surface area contributed by atoms with Crippen LogP contribution in [0.4, 0.5) is 29.1 Å². The second-order valence-corrected chi connectivity index (χ2v) is 9.61. The van der Waals surface area contributed by atoms with Crippen LogP contribution >= 0.6 is 0 Å². The van der Waals surface area contributed by atoms with E-state index >= 15 is 4.39 Å². The summed E-state index contributed by atoms with van der Waals surface area (Å²) in [7, 11) is 0. The maximum atomic E-state index is 15.1. The van der Waals surface area contributed by atoms with Gasteiger partial charge in [-0.15, -0.1) is 0 Å². The first-order chi connectivity index (χ1) is 18.6. The van der Waals surface area contributed by atoms with Gasteiger partial charge >= 0.3 is 12.1 Å². The number of carbonyl (C=O) groups is 1. The number of aromatic nitrogens is 1. The average Bonchev–Trinajstić information content (AvgIpc) is 3.29. The number of ether oxygens (including phenoxy) is 2. The molecule has 0 bridgehead atoms. The molecule has 2 aromatic carbocycles. The van der Waals surface area contributed by atoms with Gasteiger partial charge in [-0.2, -0.15) is 13.2 Å². The molecule has 11 heteroatoms. The third-order valence-electron chi connectivity index (χ3n) is 7.10. The number of rotatable bonds is 7. The van der Waals surface area contributed by atoms with E-state index in [1.165, 1.54) is 12.3 Å². The van der Waals surface area contributed by atoms with Gasteiger partial charge in [0.2, 0.25) is 0 Å². The number of hydrogen-bond acceptors (Lipinski definition) is 6. The van der Waals surface area contributed by atoms with Gasteiger partial charge < -0.3 is 24.8 Å². The van der Waals surface area contributed by atoms with Crippen LogP contribution in [-0.2, 0) is 22.3 Å². The highest BCUT2D eigenvalue weighted by molar-refractivity contribution is 5.74. The zero-order valence-electron chi connectivity index (χ0n) is 21.1. The lowest BCUT2D eigenvalue weighted by molar-refractivity contribution is -0.138. The third-order valence-corrected chi connectivity index (χ3v) is 7.10. The Morgan fingerprint density at radius 2 is 1.95 bits per heavy atom. The molecule has 1 aromatic heterocycles. The van der Waals surface area contributed by atoms with Crippen molar-refractivity contribution in [3.8, 4) is 16.9 Å². The molecule has 5 rings (SSSR count). The standard InChI is InChI=1S/C28H27F4N3O4/c1-16-17(13-33-20-3-4-21-19(11-25(36)37)15-39-24(21)12-20)2-5-22(28(30,31)32)26(16)18-10-23(29)27(34-14-18)35-6-8-38-9-7-35/h2-5,10,12,14,19,33H,6-9,11,13,15H2,1H3,(H,36,37)/t19-/m1/s1. The molecule has 2 aliphatic heterocycles. The number of benzene rings is 2. The minimum Gasteiger partial charge on any atom is -0.493 e. The highest BCUT2D eigenvalue weighted by atomic mass is 19.4. The zero-order valence-corrected chi connectivity index (χ0v) is 21.1. The molecule has 0 aliphatic carbocycles. The Labute approximate surface area is 222 Å². The quantitative estimate of drug-likeness (QED) is 0.373. The molecule has 0 amide bonds. The minimum absolute atomic E-state index is 0.0316. The summed E-state index contributed by atoms with van der Waals surface area (Å²) in [5.41, 5.74) is 1.51. The minimum atomic E-state index is -4.64. The van der Waals surface area contributed by atoms with E-state index in [2.05, 4.69) is 10.3 Å². The van der Waals surface area contributed by atoms with Gasteiger partial charge in [-0.05, 0) is 41.8 Å². The van der Waals surface area contributed by atoms with E-state index in [0.717, 1.165) is 17.7 Å². The normalized spacial score (nSPS) is 17.1. The molecule has 0 radical (unpaired) electrons. The van der Waals surface area contributed by atoms with Crippen molar-refractivity contribution < 1.29 is 36.9 Å². The Kier molecular flexibility index (Phi) is 7.35. The first-order valence-electron chi connectivity index (χ1n) is 12.5. The number of nitrogens with one attached hydrogen (secondary N) is 1. The van der Waals surface area contributed by atoms with Gasteiger partial charge in [0.25, 0.3) is 0 Å². The topological polar surface area (TPSA) is 83.9 Å². The first kappa shape index (κ1) is 26.7. The fraction of sp³-hybridized carbons (Fsp3) is 0.357. The molecule has 0 unspecified atom stereocenters. The number of carboxylic acids is 1. The summed E-state index contributed by atoms with van der Waals surface area (Å²) in [5.74, 6) is -1.15. The largest absolute Gasteiger partial charge is 0.493 e. The Morgan fingerprint density at radius 1 is 1.18 bits per heavy atom. The van der Waals surface area contributed by atoms with Crippen molar-refractivity contribution >= 4 is 17.5 Å². The number of fused-ring (bicyclic) bond motifs is 1. The van der Waals surface area contributed by atoms with Gasteiger partial charge in [0, 0.05) is 54.6 Å². The van der Waals surface area contributed by atoms with E-state index in [1.54, 1.807) is 30.0 Å². The summed E-state index contributed by atoms with van der Waals surface area (Å²) in [6, 6.07) is 8.86. The highest BCUT2D eigenvalue weighted by Crippen LogP contribution is 2.41. The number of carboxylic acid groups (broad SMARTS) is 1. The van der Waals surface area contributed by atoms with Crippen molar-refractivity contribution in [2.24, 2.45) is 0 Å². The molecular formula is C28H27F4N3O4. The van der Waals surface area contributed by atoms with Crippen LogP contribution in [0.5, 0.6) is 5.75 Å². The average molecular weight is 546 g/mol. The van der Waals surface area contributed by atoms with Gasteiger partial charge in [0.15, 0.2) is 11.6 Å². The molecule has 3 heterocycles. The number of nitrogens with zero attached hydrogens (tertiary/aromatic N) is 2. The summed E-state index contributed by atoms with van der Waals surface area (Å²) >= 11 is 0. The van der Waals surface area contributed by atoms with E-state index in [-0.39, 0.29) is 42.4 Å². The fourth-order valence-electron chi connectivity index (χ4n) is 5.09. The van der Waals surface area contributed by atoms with Crippen LogP contribution in [0.1, 0.15) is 34.6 Å². The van der Waals surface area contributed by atoms with E-state index in [0.29, 0.717) is 48.9 Å². The lowest BCUT2D eigenvalue weighted by atomic mass is 9.91. The molecule has 0 saturated carbocycles. The van der Waals surface area contributed by atoms with Gasteiger partial charge in [-0.3, -0.25) is 4.79 Å². The summed E-state index contributed by atoms with van der Waals surface area (Å²) in [5, 5.41) is 12.3. The van der Waals surface area contributed by atoms with Crippen LogP contribution in [0.3, 0.4) is 0 Å². The van der Waals surface area contributed by atoms with Gasteiger partial charge in [0.05, 0.1) is 31.8 Å². The molecule has 3 aromatic rings. The molecule has 7 nitrogen and oxygen atoms in total. The van der Waals surface area contributed by atoms with Crippen LogP contribution in [0, 0.1) is 12.7 Å². The van der Waals surface area contributed by atoms with Crippen LogP contribution in [-0.4, -0.2) is 49.0 Å². The van der Waals surface area contributed by atoms with E-state index in [4.69, 9.17) is 14.6 Å². The van der Waals surface area contributed by atoms with E-state index < -0.39 is 23.5 Å². The Bertz CT molecular complexity index is 1390. The molecule has 2 aliphatic rings. The van der Waals surface area contributed by atoms with Crippen LogP contribution < -0.4 is 15.0 Å². The van der Waals surface area contributed by atoms with Gasteiger partial charge in [0.1, 0.15) is 5.75 Å². The molecule has 0 spiro atoms. The van der Waals surface area contributed by atoms with Crippen molar-refractivity contribution in [3.05, 3.63) is 70.7 Å². The van der Waals surface area contributed by atoms with Crippen molar-refractivity contribution in [2.45, 2.75) is 32.0 Å². The number of morpholine rings is 1. The van der Waals surface area contributed by atoms with Crippen molar-refractivity contribution in [3.63, 3.8) is 0 Å². The SMILES string of the molecule is Cc1c(CNc2ccc3c(c2)OC[C@H]3CC(=O)O)ccc(C(F)(F)F)c1-c1cnc(N2CCOCC2)c(F)c1. The van der Waals surface area contributed by atoms with Crippen molar-refractivity contribution in [1.29, 1.82) is 0 Å². The number of halogens is 4. The molecular weight excluding hydrogens is 518 g/mol. The second-order valence-electron chi connectivity index (χ2n) is 9.61. The first-order valence-corrected chi connectivity index (χ1v) is 12.5. The predicted molar refractivity (Wildman–Crippen MR) is 137 cm³/mol. The Morgan fingerprint density at radius 3 is 2.64 bits per heavy atom. The molecule has 206 valence electrons. The third kappa shape index (κ3) is 5.63. The second kappa shape index (κ2) is 10.7. The van der Waals surface area contributed by atoms with Crippen LogP contribution in [0.15, 0.2) is 42.6 Å². The van der Waals surface area contributed by atoms with Gasteiger partial charge in [-0.25, -0.2) is 9.37 Å². The molecule has 2 N–H and O–H groups in total. The number of anilines is 2. The van der Waals surface area contributed by atoms with Crippen molar-refractivity contribution in [1.82, 2.24) is 4.98 Å². The van der Waals surface area contributed by atoms with Crippen LogP contribution in [0.25, 0.3) is 11.1 Å². The monoisotopic (exact) mass is 545 g/mol. The van der Waals surface area contributed by atoms with Gasteiger partial charge in [-0.1, -0.05) is 12.1 Å². The lowest BCUT2D eigenvalue weighted by Crippen LogP contribution is -2.37. The summed E-state index contributed by atoms with van der Waals surface area (Å²) < 4.78 is 68.0. The maximum Gasteiger partial charge on any atom is 0.417 e. The van der Waals surface area contributed by atoms with Crippen molar-refractivity contribution in [2.75, 3.05) is 43.1 Å². The fourth-order valence-corrected chi connectivity index (χ4v) is 5.09. The van der Waals surface area contributed by atoms with E-state index in [9.17, 15) is 18.0 Å². The summed E-state index contributed by atoms with van der Waals surface area (Å²) in [6.07, 6.45) is -3.39. The Balaban J connectivity index is 1.42. The highest BCUT2D eigenvalue weighted by Gasteiger charge is 2.35. The van der Waals surface area contributed by atoms with E-state index in [1.807, 2.05) is 0 Å². The molecule has 39 heavy (non-hydrogen) atoms. The number of hydrogen-bond donors (Lipinski definition) is 2. The number of alkyl halides is 3. The lowest BCUT2D eigenvalue weighted by Gasteiger charge is -2.28. The number of aliphatic carboxylic acids is 1. The summed E-state index contributed by atoms with van der Waals surface area (Å²) in [6.45, 7) is 3.81. The smallest absolute Gasteiger partial charge is 0.417 e. The molecule has 1 saturated heterocycles. The maximum absolute atomic E-state index is 15.1.